The molecule has 0 bridgehead atoms. The number of hydrogen-bond donors (Lipinski definition) is 0. The van der Waals surface area contributed by atoms with Crippen LogP contribution < -0.4 is 0 Å². The van der Waals surface area contributed by atoms with Crippen molar-refractivity contribution in [3.63, 3.8) is 0 Å². The molecule has 0 N–H and O–H groups in total. The largest absolute Gasteiger partial charge is 0.444 e. The topological polar surface area (TPSA) is 26.3 Å². The van der Waals surface area contributed by atoms with Gasteiger partial charge in [-0.15, -0.1) is 11.6 Å². The molecule has 2 aromatic rings. The highest BCUT2D eigenvalue weighted by Gasteiger charge is 2.46. The summed E-state index contributed by atoms with van der Waals surface area (Å²) < 4.78 is 18.5. The molecule has 3 rings (SSSR count). The zero-order valence-electron chi connectivity index (χ0n) is 9.90. The molecule has 4 heteroatoms. The molecule has 0 unspecified atom stereocenters. The SMILES string of the molecule is O=C1O[C@@](CCl)(c2ccc(F)cc2)c2ccccc21. The number of benzene rings is 2. The van der Waals surface area contributed by atoms with Gasteiger partial charge < -0.3 is 4.74 Å². The first-order valence-electron chi connectivity index (χ1n) is 5.82. The van der Waals surface area contributed by atoms with E-state index in [-0.39, 0.29) is 11.7 Å². The second kappa shape index (κ2) is 4.35. The van der Waals surface area contributed by atoms with Crippen molar-refractivity contribution >= 4 is 17.6 Å². The fraction of sp³-hybridized carbons (Fsp3) is 0.133. The quantitative estimate of drug-likeness (QED) is 0.620. The van der Waals surface area contributed by atoms with Gasteiger partial charge in [0, 0.05) is 11.1 Å². The number of carbonyl (C=O) groups is 1. The van der Waals surface area contributed by atoms with Crippen molar-refractivity contribution in [3.8, 4) is 0 Å². The third-order valence-corrected chi connectivity index (χ3v) is 3.72. The van der Waals surface area contributed by atoms with Crippen LogP contribution in [0.2, 0.25) is 0 Å². The Morgan fingerprint density at radius 2 is 1.79 bits per heavy atom. The smallest absolute Gasteiger partial charge is 0.339 e. The van der Waals surface area contributed by atoms with Crippen LogP contribution in [0.25, 0.3) is 0 Å². The Kier molecular flexibility index (Phi) is 2.79. The molecule has 19 heavy (non-hydrogen) atoms. The summed E-state index contributed by atoms with van der Waals surface area (Å²) in [5.41, 5.74) is 0.874. The fourth-order valence-electron chi connectivity index (χ4n) is 2.39. The first-order chi connectivity index (χ1) is 9.17. The molecule has 0 saturated heterocycles. The van der Waals surface area contributed by atoms with Crippen molar-refractivity contribution in [2.24, 2.45) is 0 Å². The number of halogens is 2. The molecule has 0 amide bonds. The van der Waals surface area contributed by atoms with Crippen LogP contribution >= 0.6 is 11.6 Å². The maximum absolute atomic E-state index is 13.0. The summed E-state index contributed by atoms with van der Waals surface area (Å²) in [6.07, 6.45) is 0. The van der Waals surface area contributed by atoms with Gasteiger partial charge in [-0.3, -0.25) is 0 Å². The second-order valence-electron chi connectivity index (χ2n) is 4.40. The molecular formula is C15H10ClFO2. The first-order valence-corrected chi connectivity index (χ1v) is 6.36. The average Bonchev–Trinajstić information content (AvgIpc) is 2.74. The Labute approximate surface area is 114 Å². The predicted molar refractivity (Wildman–Crippen MR) is 69.8 cm³/mol. The van der Waals surface area contributed by atoms with E-state index in [1.807, 2.05) is 12.1 Å². The van der Waals surface area contributed by atoms with Crippen LogP contribution in [0.1, 0.15) is 21.5 Å². The van der Waals surface area contributed by atoms with Crippen molar-refractivity contribution in [1.82, 2.24) is 0 Å². The molecule has 0 aromatic heterocycles. The van der Waals surface area contributed by atoms with Gasteiger partial charge in [-0.25, -0.2) is 9.18 Å². The lowest BCUT2D eigenvalue weighted by Gasteiger charge is -2.27. The summed E-state index contributed by atoms with van der Waals surface area (Å²) in [6, 6.07) is 13.0. The van der Waals surface area contributed by atoms with Gasteiger partial charge in [-0.1, -0.05) is 30.3 Å². The Balaban J connectivity index is 2.21. The van der Waals surface area contributed by atoms with E-state index in [2.05, 4.69) is 0 Å². The van der Waals surface area contributed by atoms with E-state index in [0.717, 1.165) is 5.56 Å². The maximum Gasteiger partial charge on any atom is 0.339 e. The molecule has 1 aliphatic rings. The Morgan fingerprint density at radius 1 is 1.11 bits per heavy atom. The molecule has 0 spiro atoms. The van der Waals surface area contributed by atoms with Crippen molar-refractivity contribution in [3.05, 3.63) is 71.0 Å². The van der Waals surface area contributed by atoms with E-state index in [4.69, 9.17) is 16.3 Å². The van der Waals surface area contributed by atoms with E-state index >= 15 is 0 Å². The molecule has 0 fully saturated rings. The van der Waals surface area contributed by atoms with Crippen LogP contribution in [0.3, 0.4) is 0 Å². The monoisotopic (exact) mass is 276 g/mol. The summed E-state index contributed by atoms with van der Waals surface area (Å²) in [6.45, 7) is 0. The summed E-state index contributed by atoms with van der Waals surface area (Å²) >= 11 is 6.06. The Bertz CT molecular complexity index is 639. The lowest BCUT2D eigenvalue weighted by atomic mass is 9.87. The molecule has 0 saturated carbocycles. The van der Waals surface area contributed by atoms with Crippen molar-refractivity contribution in [2.75, 3.05) is 5.88 Å². The van der Waals surface area contributed by atoms with Crippen LogP contribution in [0.15, 0.2) is 48.5 Å². The summed E-state index contributed by atoms with van der Waals surface area (Å²) in [4.78, 5) is 11.9. The average molecular weight is 277 g/mol. The number of ether oxygens (including phenoxy) is 1. The molecule has 1 aliphatic heterocycles. The van der Waals surface area contributed by atoms with Crippen LogP contribution in [0.4, 0.5) is 4.39 Å². The minimum absolute atomic E-state index is 0.0847. The molecule has 2 aromatic carbocycles. The third kappa shape index (κ3) is 1.73. The summed E-state index contributed by atoms with van der Waals surface area (Å²) in [5.74, 6) is -0.659. The van der Waals surface area contributed by atoms with Crippen LogP contribution in [0.5, 0.6) is 0 Å². The predicted octanol–water partition coefficient (Wildman–Crippen LogP) is 3.48. The van der Waals surface area contributed by atoms with Crippen LogP contribution in [-0.2, 0) is 10.3 Å². The molecule has 1 atom stereocenters. The Hall–Kier alpha value is -1.87. The summed E-state index contributed by atoms with van der Waals surface area (Å²) in [5, 5.41) is 0. The number of fused-ring (bicyclic) bond motifs is 1. The first kappa shape index (κ1) is 12.2. The lowest BCUT2D eigenvalue weighted by Crippen LogP contribution is -2.29. The molecule has 2 nitrogen and oxygen atoms in total. The normalized spacial score (nSPS) is 21.1. The maximum atomic E-state index is 13.0. The van der Waals surface area contributed by atoms with Gasteiger partial charge >= 0.3 is 5.97 Å². The van der Waals surface area contributed by atoms with E-state index in [0.29, 0.717) is 11.1 Å². The molecule has 96 valence electrons. The zero-order chi connectivity index (χ0) is 13.5. The minimum atomic E-state index is -1.02. The number of cyclic esters (lactones) is 1. The number of hydrogen-bond acceptors (Lipinski definition) is 2. The highest BCUT2D eigenvalue weighted by molar-refractivity contribution is 6.19. The molecule has 0 radical (unpaired) electrons. The molecular weight excluding hydrogens is 267 g/mol. The number of carbonyl (C=O) groups excluding carboxylic acids is 1. The van der Waals surface area contributed by atoms with Gasteiger partial charge in [0.15, 0.2) is 5.60 Å². The van der Waals surface area contributed by atoms with Crippen molar-refractivity contribution in [2.45, 2.75) is 5.60 Å². The number of esters is 1. The second-order valence-corrected chi connectivity index (χ2v) is 4.67. The van der Waals surface area contributed by atoms with E-state index in [9.17, 15) is 9.18 Å². The van der Waals surface area contributed by atoms with E-state index < -0.39 is 11.6 Å². The van der Waals surface area contributed by atoms with Crippen LogP contribution in [-0.4, -0.2) is 11.8 Å². The zero-order valence-corrected chi connectivity index (χ0v) is 10.7. The highest BCUT2D eigenvalue weighted by atomic mass is 35.5. The van der Waals surface area contributed by atoms with Crippen molar-refractivity contribution in [1.29, 1.82) is 0 Å². The van der Waals surface area contributed by atoms with Gasteiger partial charge in [0.1, 0.15) is 5.82 Å². The van der Waals surface area contributed by atoms with Crippen LogP contribution in [0, 0.1) is 5.82 Å². The summed E-state index contributed by atoms with van der Waals surface area (Å²) in [7, 11) is 0. The lowest BCUT2D eigenvalue weighted by molar-refractivity contribution is 0.0192. The highest BCUT2D eigenvalue weighted by Crippen LogP contribution is 2.42. The standard InChI is InChI=1S/C15H10ClFO2/c16-9-15(10-5-7-11(17)8-6-10)13-4-2-1-3-12(13)14(18)19-15/h1-8H,9H2/t15-/m0/s1. The molecule has 0 aliphatic carbocycles. The van der Waals surface area contributed by atoms with Gasteiger partial charge in [0.25, 0.3) is 0 Å². The van der Waals surface area contributed by atoms with Gasteiger partial charge in [0.05, 0.1) is 11.4 Å². The molecule has 1 heterocycles. The van der Waals surface area contributed by atoms with Gasteiger partial charge in [0.2, 0.25) is 0 Å². The number of alkyl halides is 1. The van der Waals surface area contributed by atoms with Gasteiger partial charge in [-0.05, 0) is 18.2 Å². The van der Waals surface area contributed by atoms with E-state index in [1.54, 1.807) is 24.3 Å². The number of rotatable bonds is 2. The fourth-order valence-corrected chi connectivity index (χ4v) is 2.74. The van der Waals surface area contributed by atoms with Gasteiger partial charge in [-0.2, -0.15) is 0 Å². The van der Waals surface area contributed by atoms with Crippen molar-refractivity contribution < 1.29 is 13.9 Å². The Morgan fingerprint density at radius 3 is 2.47 bits per heavy atom. The minimum Gasteiger partial charge on any atom is -0.444 e. The third-order valence-electron chi connectivity index (χ3n) is 3.35. The van der Waals surface area contributed by atoms with E-state index in [1.165, 1.54) is 12.1 Å².